The van der Waals surface area contributed by atoms with Gasteiger partial charge in [0.2, 0.25) is 5.88 Å². The molecule has 0 amide bonds. The van der Waals surface area contributed by atoms with Gasteiger partial charge in [-0.15, -0.1) is 0 Å². The molecule has 2 aromatic heterocycles. The van der Waals surface area contributed by atoms with Gasteiger partial charge in [0.15, 0.2) is 10.4 Å². The van der Waals surface area contributed by atoms with Crippen molar-refractivity contribution in [2.45, 2.75) is 38.1 Å². The number of rotatable bonds is 2. The highest BCUT2D eigenvalue weighted by Gasteiger charge is 2.33. The number of nitrogens with zero attached hydrogens (tertiary/aromatic N) is 2. The van der Waals surface area contributed by atoms with Crippen LogP contribution in [-0.2, 0) is 5.54 Å². The van der Waals surface area contributed by atoms with Gasteiger partial charge in [-0.1, -0.05) is 12.8 Å². The predicted octanol–water partition coefficient (Wildman–Crippen LogP) is 3.39. The van der Waals surface area contributed by atoms with Gasteiger partial charge < -0.3 is 9.72 Å². The summed E-state index contributed by atoms with van der Waals surface area (Å²) < 4.78 is 8.14. The Morgan fingerprint density at radius 3 is 2.78 bits per heavy atom. The van der Waals surface area contributed by atoms with Crippen molar-refractivity contribution in [1.82, 2.24) is 14.5 Å². The fourth-order valence-corrected chi connectivity index (χ4v) is 3.36. The van der Waals surface area contributed by atoms with Crippen LogP contribution in [0.4, 0.5) is 0 Å². The molecule has 0 aromatic carbocycles. The first-order valence-electron chi connectivity index (χ1n) is 6.30. The number of pyridine rings is 1. The maximum absolute atomic E-state index is 5.47. The molecule has 96 valence electrons. The summed E-state index contributed by atoms with van der Waals surface area (Å²) in [5.74, 6) is 0.631. The van der Waals surface area contributed by atoms with Crippen molar-refractivity contribution in [2.75, 3.05) is 7.11 Å². The number of fused-ring (bicyclic) bond motifs is 1. The van der Waals surface area contributed by atoms with E-state index in [1.54, 1.807) is 7.11 Å². The van der Waals surface area contributed by atoms with Gasteiger partial charge >= 0.3 is 0 Å². The summed E-state index contributed by atoms with van der Waals surface area (Å²) in [4.78, 5) is 7.79. The molecule has 1 saturated carbocycles. The minimum atomic E-state index is 0.0920. The Hall–Kier alpha value is -1.36. The first-order valence-corrected chi connectivity index (χ1v) is 6.71. The fraction of sp³-hybridized carbons (Fsp3) is 0.538. The second kappa shape index (κ2) is 4.09. The fourth-order valence-electron chi connectivity index (χ4n) is 2.94. The van der Waals surface area contributed by atoms with Gasteiger partial charge in [-0.05, 0) is 38.0 Å². The molecule has 2 heterocycles. The lowest BCUT2D eigenvalue weighted by atomic mass is 10.0. The van der Waals surface area contributed by atoms with Gasteiger partial charge in [0.25, 0.3) is 0 Å². The van der Waals surface area contributed by atoms with Crippen molar-refractivity contribution in [2.24, 2.45) is 0 Å². The van der Waals surface area contributed by atoms with Crippen LogP contribution in [-0.4, -0.2) is 21.6 Å². The molecule has 3 rings (SSSR count). The van der Waals surface area contributed by atoms with Crippen LogP contribution in [0.3, 0.4) is 0 Å². The van der Waals surface area contributed by atoms with Crippen LogP contribution in [0.1, 0.15) is 32.6 Å². The lowest BCUT2D eigenvalue weighted by molar-refractivity contribution is 0.331. The highest BCUT2D eigenvalue weighted by Crippen LogP contribution is 2.38. The molecule has 1 fully saturated rings. The molecule has 1 aliphatic rings. The Kier molecular flexibility index (Phi) is 2.66. The van der Waals surface area contributed by atoms with E-state index in [4.69, 9.17) is 17.0 Å². The molecule has 0 aliphatic heterocycles. The minimum absolute atomic E-state index is 0.0920. The summed E-state index contributed by atoms with van der Waals surface area (Å²) >= 11 is 5.47. The number of imidazole rings is 1. The van der Waals surface area contributed by atoms with E-state index in [0.29, 0.717) is 5.88 Å². The van der Waals surface area contributed by atoms with Gasteiger partial charge in [-0.2, -0.15) is 4.98 Å². The van der Waals surface area contributed by atoms with Crippen molar-refractivity contribution in [3.8, 4) is 5.88 Å². The van der Waals surface area contributed by atoms with E-state index in [-0.39, 0.29) is 5.54 Å². The standard InChI is InChI=1S/C13H17N3OS/c1-13(7-3-4-8-13)16-11-9(14-12(16)18)5-6-10(15-11)17-2/h5-6H,3-4,7-8H2,1-2H3,(H,14,18). The van der Waals surface area contributed by atoms with Crippen molar-refractivity contribution >= 4 is 23.4 Å². The van der Waals surface area contributed by atoms with E-state index >= 15 is 0 Å². The van der Waals surface area contributed by atoms with Crippen LogP contribution in [0.25, 0.3) is 11.2 Å². The number of hydrogen-bond donors (Lipinski definition) is 1. The minimum Gasteiger partial charge on any atom is -0.481 e. The summed E-state index contributed by atoms with van der Waals surface area (Å²) in [7, 11) is 1.64. The second-order valence-electron chi connectivity index (χ2n) is 5.19. The third-order valence-electron chi connectivity index (χ3n) is 3.94. The van der Waals surface area contributed by atoms with Crippen molar-refractivity contribution in [1.29, 1.82) is 0 Å². The first-order chi connectivity index (χ1) is 8.64. The third-order valence-corrected chi connectivity index (χ3v) is 4.22. The number of methoxy groups -OCH3 is 1. The topological polar surface area (TPSA) is 42.8 Å². The number of nitrogens with one attached hydrogen (secondary N) is 1. The highest BCUT2D eigenvalue weighted by molar-refractivity contribution is 7.71. The van der Waals surface area contributed by atoms with Gasteiger partial charge in [0, 0.05) is 11.6 Å². The van der Waals surface area contributed by atoms with E-state index in [0.717, 1.165) is 28.8 Å². The Morgan fingerprint density at radius 1 is 1.39 bits per heavy atom. The van der Waals surface area contributed by atoms with Gasteiger partial charge in [0.05, 0.1) is 12.6 Å². The molecule has 2 aromatic rings. The molecule has 0 saturated heterocycles. The van der Waals surface area contributed by atoms with Gasteiger partial charge in [-0.25, -0.2) is 0 Å². The quantitative estimate of drug-likeness (QED) is 0.844. The summed E-state index contributed by atoms with van der Waals surface area (Å²) in [5.41, 5.74) is 1.98. The van der Waals surface area contributed by atoms with E-state index in [1.807, 2.05) is 12.1 Å². The van der Waals surface area contributed by atoms with E-state index in [2.05, 4.69) is 21.5 Å². The van der Waals surface area contributed by atoms with E-state index < -0.39 is 0 Å². The highest BCUT2D eigenvalue weighted by atomic mass is 32.1. The normalized spacial score (nSPS) is 18.3. The lowest BCUT2D eigenvalue weighted by Crippen LogP contribution is -2.26. The molecular formula is C13H17N3OS. The monoisotopic (exact) mass is 263 g/mol. The van der Waals surface area contributed by atoms with E-state index in [1.165, 1.54) is 12.8 Å². The summed E-state index contributed by atoms with van der Waals surface area (Å²) in [6.07, 6.45) is 4.84. The Morgan fingerprint density at radius 2 is 2.11 bits per heavy atom. The van der Waals surface area contributed by atoms with Crippen LogP contribution in [0.15, 0.2) is 12.1 Å². The molecule has 1 aliphatic carbocycles. The Balaban J connectivity index is 2.27. The van der Waals surface area contributed by atoms with Gasteiger partial charge in [-0.3, -0.25) is 4.57 Å². The lowest BCUT2D eigenvalue weighted by Gasteiger charge is -2.26. The molecule has 18 heavy (non-hydrogen) atoms. The van der Waals surface area contributed by atoms with Gasteiger partial charge in [0.1, 0.15) is 0 Å². The molecule has 0 unspecified atom stereocenters. The van der Waals surface area contributed by atoms with E-state index in [9.17, 15) is 0 Å². The van der Waals surface area contributed by atoms with Crippen molar-refractivity contribution < 1.29 is 4.74 Å². The summed E-state index contributed by atoms with van der Waals surface area (Å²) in [6.45, 7) is 2.27. The van der Waals surface area contributed by atoms with Crippen LogP contribution in [0, 0.1) is 4.77 Å². The smallest absolute Gasteiger partial charge is 0.215 e. The molecule has 4 nitrogen and oxygen atoms in total. The van der Waals surface area contributed by atoms with Crippen LogP contribution in [0.5, 0.6) is 5.88 Å². The zero-order valence-electron chi connectivity index (χ0n) is 10.7. The number of H-pyrrole nitrogens is 1. The average Bonchev–Trinajstić information content (AvgIpc) is 2.91. The molecule has 1 N–H and O–H groups in total. The zero-order valence-corrected chi connectivity index (χ0v) is 11.5. The maximum atomic E-state index is 5.47. The van der Waals surface area contributed by atoms with Crippen molar-refractivity contribution in [3.63, 3.8) is 0 Å². The Bertz CT molecular complexity index is 637. The molecule has 0 atom stereocenters. The maximum Gasteiger partial charge on any atom is 0.215 e. The molecule has 0 bridgehead atoms. The number of aromatic amines is 1. The predicted molar refractivity (Wildman–Crippen MR) is 73.6 cm³/mol. The Labute approximate surface area is 111 Å². The number of ether oxygens (including phenoxy) is 1. The molecule has 0 radical (unpaired) electrons. The number of aromatic nitrogens is 3. The van der Waals surface area contributed by atoms with Crippen LogP contribution >= 0.6 is 12.2 Å². The third kappa shape index (κ3) is 1.65. The van der Waals surface area contributed by atoms with Crippen LogP contribution < -0.4 is 4.74 Å². The second-order valence-corrected chi connectivity index (χ2v) is 5.58. The van der Waals surface area contributed by atoms with Crippen LogP contribution in [0.2, 0.25) is 0 Å². The first kappa shape index (κ1) is 11.7. The summed E-state index contributed by atoms with van der Waals surface area (Å²) in [5, 5.41) is 0. The average molecular weight is 263 g/mol. The zero-order chi connectivity index (χ0) is 12.8. The number of hydrogen-bond acceptors (Lipinski definition) is 3. The molecule has 5 heteroatoms. The summed E-state index contributed by atoms with van der Waals surface area (Å²) in [6, 6.07) is 3.83. The molecule has 0 spiro atoms. The van der Waals surface area contributed by atoms with Crippen molar-refractivity contribution in [3.05, 3.63) is 16.9 Å². The SMILES string of the molecule is COc1ccc2[nH]c(=S)n(C3(C)CCCC3)c2n1. The molecular weight excluding hydrogens is 246 g/mol. The largest absolute Gasteiger partial charge is 0.481 e.